The molecule has 0 saturated heterocycles. The first kappa shape index (κ1) is 15.7. The van der Waals surface area contributed by atoms with Gasteiger partial charge in [0.15, 0.2) is 5.82 Å². The van der Waals surface area contributed by atoms with Crippen LogP contribution in [0.3, 0.4) is 0 Å². The summed E-state index contributed by atoms with van der Waals surface area (Å²) in [7, 11) is 0. The molecule has 0 aliphatic heterocycles. The van der Waals surface area contributed by atoms with E-state index in [9.17, 15) is 9.59 Å². The fourth-order valence-corrected chi connectivity index (χ4v) is 2.00. The van der Waals surface area contributed by atoms with E-state index in [0.29, 0.717) is 12.2 Å². The second-order valence-electron chi connectivity index (χ2n) is 5.02. The van der Waals surface area contributed by atoms with Crippen LogP contribution in [0.1, 0.15) is 24.5 Å². The smallest absolute Gasteiger partial charge is 0.246 e. The summed E-state index contributed by atoms with van der Waals surface area (Å²) in [5.74, 6) is -0.00516. The van der Waals surface area contributed by atoms with Gasteiger partial charge in [-0.2, -0.15) is 0 Å². The lowest BCUT2D eigenvalue weighted by atomic mass is 10.1. The van der Waals surface area contributed by atoms with Crippen LogP contribution in [0.25, 0.3) is 0 Å². The topological polar surface area (TPSA) is 88.9 Å². The molecule has 2 N–H and O–H groups in total. The van der Waals surface area contributed by atoms with Crippen molar-refractivity contribution in [3.8, 4) is 0 Å². The van der Waals surface area contributed by atoms with Crippen LogP contribution in [0.15, 0.2) is 24.4 Å². The number of carbonyl (C=O) groups excluding carboxylic acids is 2. The van der Waals surface area contributed by atoms with Crippen LogP contribution >= 0.6 is 0 Å². The van der Waals surface area contributed by atoms with Gasteiger partial charge in [0.2, 0.25) is 11.8 Å². The molecule has 0 fully saturated rings. The minimum Gasteiger partial charge on any atom is -0.324 e. The zero-order valence-corrected chi connectivity index (χ0v) is 12.9. The van der Waals surface area contributed by atoms with Crippen LogP contribution in [0, 0.1) is 13.8 Å². The maximum Gasteiger partial charge on any atom is 0.246 e. The van der Waals surface area contributed by atoms with Crippen molar-refractivity contribution in [2.75, 3.05) is 10.6 Å². The molecular formula is C15H19N5O2. The minimum atomic E-state index is -0.198. The molecule has 0 bridgehead atoms. The molecule has 0 atom stereocenters. The molecule has 0 aliphatic carbocycles. The SMILES string of the molecule is CCC(=O)Nc1cn(CC(=O)Nc2c(C)cccc2C)nn1. The predicted molar refractivity (Wildman–Crippen MR) is 83.5 cm³/mol. The van der Waals surface area contributed by atoms with Gasteiger partial charge < -0.3 is 10.6 Å². The largest absolute Gasteiger partial charge is 0.324 e. The normalized spacial score (nSPS) is 10.3. The van der Waals surface area contributed by atoms with E-state index in [1.54, 1.807) is 6.92 Å². The highest BCUT2D eigenvalue weighted by Crippen LogP contribution is 2.19. The van der Waals surface area contributed by atoms with Crippen LogP contribution in [0.2, 0.25) is 0 Å². The first-order valence-corrected chi connectivity index (χ1v) is 7.05. The van der Waals surface area contributed by atoms with E-state index < -0.39 is 0 Å². The molecule has 7 nitrogen and oxygen atoms in total. The van der Waals surface area contributed by atoms with Gasteiger partial charge in [0.25, 0.3) is 0 Å². The Kier molecular flexibility index (Phi) is 4.88. The number of nitrogens with zero attached hydrogens (tertiary/aromatic N) is 3. The molecule has 0 saturated carbocycles. The molecule has 116 valence electrons. The molecule has 2 aromatic rings. The number of aryl methyl sites for hydroxylation is 2. The number of carbonyl (C=O) groups is 2. The molecule has 22 heavy (non-hydrogen) atoms. The number of amides is 2. The van der Waals surface area contributed by atoms with Crippen molar-refractivity contribution >= 4 is 23.3 Å². The summed E-state index contributed by atoms with van der Waals surface area (Å²) in [6.07, 6.45) is 1.89. The van der Waals surface area contributed by atoms with Crippen LogP contribution in [-0.4, -0.2) is 26.8 Å². The quantitative estimate of drug-likeness (QED) is 0.882. The number of hydrogen-bond acceptors (Lipinski definition) is 4. The lowest BCUT2D eigenvalue weighted by molar-refractivity contribution is -0.117. The van der Waals surface area contributed by atoms with Crippen molar-refractivity contribution in [2.24, 2.45) is 0 Å². The van der Waals surface area contributed by atoms with Gasteiger partial charge in [-0.1, -0.05) is 30.3 Å². The summed E-state index contributed by atoms with van der Waals surface area (Å²) >= 11 is 0. The highest BCUT2D eigenvalue weighted by atomic mass is 16.2. The van der Waals surface area contributed by atoms with E-state index in [4.69, 9.17) is 0 Å². The number of rotatable bonds is 5. The minimum absolute atomic E-state index is 0.0305. The molecule has 1 aromatic heterocycles. The van der Waals surface area contributed by atoms with Crippen LogP contribution in [0.5, 0.6) is 0 Å². The zero-order valence-electron chi connectivity index (χ0n) is 12.9. The summed E-state index contributed by atoms with van der Waals surface area (Å²) in [5.41, 5.74) is 2.82. The van der Waals surface area contributed by atoms with Crippen molar-refractivity contribution < 1.29 is 9.59 Å². The maximum atomic E-state index is 12.1. The molecule has 2 rings (SSSR count). The van der Waals surface area contributed by atoms with Crippen molar-refractivity contribution in [2.45, 2.75) is 33.7 Å². The second-order valence-corrected chi connectivity index (χ2v) is 5.02. The Balaban J connectivity index is 1.99. The van der Waals surface area contributed by atoms with Crippen LogP contribution in [-0.2, 0) is 16.1 Å². The molecule has 7 heteroatoms. The standard InChI is InChI=1S/C15H19N5O2/c1-4-13(21)16-12-8-20(19-18-12)9-14(22)17-15-10(2)6-5-7-11(15)3/h5-8H,4,9H2,1-3H3,(H,16,21)(H,17,22). The third kappa shape index (κ3) is 3.91. The summed E-state index contributed by atoms with van der Waals surface area (Å²) in [5, 5.41) is 13.1. The number of aromatic nitrogens is 3. The zero-order chi connectivity index (χ0) is 16.1. The van der Waals surface area contributed by atoms with Crippen molar-refractivity contribution in [1.29, 1.82) is 0 Å². The fourth-order valence-electron chi connectivity index (χ4n) is 2.00. The predicted octanol–water partition coefficient (Wildman–Crippen LogP) is 1.88. The third-order valence-corrected chi connectivity index (χ3v) is 3.18. The lowest BCUT2D eigenvalue weighted by Crippen LogP contribution is -2.20. The molecule has 0 radical (unpaired) electrons. The van der Waals surface area contributed by atoms with Gasteiger partial charge in [-0.3, -0.25) is 9.59 Å². The van der Waals surface area contributed by atoms with Gasteiger partial charge in [0, 0.05) is 12.1 Å². The number of anilines is 2. The monoisotopic (exact) mass is 301 g/mol. The summed E-state index contributed by atoms with van der Waals surface area (Å²) in [4.78, 5) is 23.3. The van der Waals surface area contributed by atoms with Crippen molar-refractivity contribution in [3.63, 3.8) is 0 Å². The van der Waals surface area contributed by atoms with Crippen LogP contribution in [0.4, 0.5) is 11.5 Å². The Labute approximate surface area is 128 Å². The van der Waals surface area contributed by atoms with Gasteiger partial charge in [-0.05, 0) is 25.0 Å². The van der Waals surface area contributed by atoms with Crippen molar-refractivity contribution in [1.82, 2.24) is 15.0 Å². The summed E-state index contributed by atoms with van der Waals surface area (Å²) in [6, 6.07) is 5.83. The molecule has 0 aliphatic rings. The number of para-hydroxylation sites is 1. The third-order valence-electron chi connectivity index (χ3n) is 3.18. The molecule has 2 amide bonds. The fraction of sp³-hybridized carbons (Fsp3) is 0.333. The molecule has 1 heterocycles. The average Bonchev–Trinajstić information content (AvgIpc) is 2.90. The molecule has 1 aromatic carbocycles. The lowest BCUT2D eigenvalue weighted by Gasteiger charge is -2.11. The highest BCUT2D eigenvalue weighted by Gasteiger charge is 2.10. The number of nitrogens with one attached hydrogen (secondary N) is 2. The van der Waals surface area contributed by atoms with E-state index in [-0.39, 0.29) is 18.4 Å². The van der Waals surface area contributed by atoms with Crippen molar-refractivity contribution in [3.05, 3.63) is 35.5 Å². The summed E-state index contributed by atoms with van der Waals surface area (Å²) < 4.78 is 1.38. The molecule has 0 spiro atoms. The van der Waals surface area contributed by atoms with Gasteiger partial charge in [-0.25, -0.2) is 4.68 Å². The van der Waals surface area contributed by atoms with Crippen LogP contribution < -0.4 is 10.6 Å². The number of hydrogen-bond donors (Lipinski definition) is 2. The van der Waals surface area contributed by atoms with E-state index in [1.807, 2.05) is 32.0 Å². The Bertz CT molecular complexity index is 673. The van der Waals surface area contributed by atoms with Gasteiger partial charge in [0.1, 0.15) is 6.54 Å². The van der Waals surface area contributed by atoms with E-state index in [1.165, 1.54) is 10.9 Å². The van der Waals surface area contributed by atoms with Gasteiger partial charge >= 0.3 is 0 Å². The van der Waals surface area contributed by atoms with E-state index in [0.717, 1.165) is 16.8 Å². The highest BCUT2D eigenvalue weighted by molar-refractivity contribution is 5.92. The Morgan fingerprint density at radius 2 is 1.82 bits per heavy atom. The van der Waals surface area contributed by atoms with Gasteiger partial charge in [-0.15, -0.1) is 5.10 Å². The molecule has 0 unspecified atom stereocenters. The molecular weight excluding hydrogens is 282 g/mol. The Morgan fingerprint density at radius 1 is 1.14 bits per heavy atom. The van der Waals surface area contributed by atoms with E-state index in [2.05, 4.69) is 20.9 Å². The number of benzene rings is 1. The second kappa shape index (κ2) is 6.84. The Morgan fingerprint density at radius 3 is 2.45 bits per heavy atom. The summed E-state index contributed by atoms with van der Waals surface area (Å²) in [6.45, 7) is 5.66. The Hall–Kier alpha value is -2.70. The average molecular weight is 301 g/mol. The first-order chi connectivity index (χ1) is 10.5. The van der Waals surface area contributed by atoms with E-state index >= 15 is 0 Å². The maximum absolute atomic E-state index is 12.1. The van der Waals surface area contributed by atoms with Gasteiger partial charge in [0.05, 0.1) is 6.20 Å². The first-order valence-electron chi connectivity index (χ1n) is 7.05.